The lowest BCUT2D eigenvalue weighted by atomic mass is 9.79. The quantitative estimate of drug-likeness (QED) is 0.708. The average molecular weight is 417 g/mol. The van der Waals surface area contributed by atoms with Crippen LogP contribution < -0.4 is 10.1 Å². The molecule has 0 radical (unpaired) electrons. The number of para-hydroxylation sites is 1. The lowest BCUT2D eigenvalue weighted by Crippen LogP contribution is -2.61. The van der Waals surface area contributed by atoms with Gasteiger partial charge in [0.05, 0.1) is 13.2 Å². The van der Waals surface area contributed by atoms with Crippen LogP contribution in [0.3, 0.4) is 0 Å². The SMILES string of the molecule is COc1ccccc1C1(N2C[C@H](O)C[C@@]2(C)C(=O)O)C(=O)Nc2ccc(Cl)cc21. The van der Waals surface area contributed by atoms with Gasteiger partial charge in [-0.25, -0.2) is 0 Å². The van der Waals surface area contributed by atoms with Gasteiger partial charge < -0.3 is 20.3 Å². The van der Waals surface area contributed by atoms with Crippen molar-refractivity contribution in [2.75, 3.05) is 19.0 Å². The van der Waals surface area contributed by atoms with Crippen LogP contribution >= 0.6 is 11.6 Å². The molecule has 4 rings (SSSR count). The normalized spacial score (nSPS) is 28.8. The summed E-state index contributed by atoms with van der Waals surface area (Å²) in [5.74, 6) is -1.10. The topological polar surface area (TPSA) is 99.1 Å². The van der Waals surface area contributed by atoms with Crippen molar-refractivity contribution in [2.24, 2.45) is 0 Å². The van der Waals surface area contributed by atoms with E-state index in [-0.39, 0.29) is 13.0 Å². The van der Waals surface area contributed by atoms with Gasteiger partial charge in [-0.15, -0.1) is 0 Å². The van der Waals surface area contributed by atoms with Crippen molar-refractivity contribution in [3.05, 3.63) is 58.6 Å². The number of rotatable bonds is 4. The molecule has 2 aliphatic rings. The molecule has 0 aromatic heterocycles. The Morgan fingerprint density at radius 2 is 2.00 bits per heavy atom. The van der Waals surface area contributed by atoms with Crippen molar-refractivity contribution in [3.63, 3.8) is 0 Å². The molecule has 1 saturated heterocycles. The maximum Gasteiger partial charge on any atom is 0.323 e. The van der Waals surface area contributed by atoms with E-state index in [1.165, 1.54) is 14.0 Å². The van der Waals surface area contributed by atoms with Crippen LogP contribution in [0, 0.1) is 0 Å². The number of nitrogens with one attached hydrogen (secondary N) is 1. The van der Waals surface area contributed by atoms with Gasteiger partial charge in [0.15, 0.2) is 5.54 Å². The number of carbonyl (C=O) groups is 2. The molecular formula is C21H21ClN2O5. The average Bonchev–Trinajstić information content (AvgIpc) is 3.15. The number of fused-ring (bicyclic) bond motifs is 1. The molecule has 0 spiro atoms. The van der Waals surface area contributed by atoms with Crippen LogP contribution in [0.1, 0.15) is 24.5 Å². The highest BCUT2D eigenvalue weighted by Gasteiger charge is 2.63. The Bertz CT molecular complexity index is 1010. The Kier molecular flexibility index (Phi) is 4.57. The minimum absolute atomic E-state index is 0.000220. The standard InChI is InChI=1S/C21H21ClN2O5/c1-20(19(27)28)10-13(25)11-24(20)21(14-5-3-4-6-17(14)29-2)15-9-12(22)7-8-16(15)23-18(21)26/h3-9,13,25H,10-11H2,1-2H3,(H,23,26)(H,27,28)/t13-,20+,21?/m1/s1. The van der Waals surface area contributed by atoms with Crippen molar-refractivity contribution in [1.29, 1.82) is 0 Å². The highest BCUT2D eigenvalue weighted by atomic mass is 35.5. The number of aliphatic hydroxyl groups excluding tert-OH is 1. The first-order valence-electron chi connectivity index (χ1n) is 9.19. The van der Waals surface area contributed by atoms with E-state index < -0.39 is 29.1 Å². The van der Waals surface area contributed by atoms with Crippen molar-refractivity contribution >= 4 is 29.2 Å². The van der Waals surface area contributed by atoms with Crippen LogP contribution in [-0.2, 0) is 15.1 Å². The molecular weight excluding hydrogens is 396 g/mol. The van der Waals surface area contributed by atoms with Crippen molar-refractivity contribution < 1.29 is 24.5 Å². The Morgan fingerprint density at radius 3 is 2.69 bits per heavy atom. The van der Waals surface area contributed by atoms with Gasteiger partial charge in [-0.3, -0.25) is 14.5 Å². The smallest absolute Gasteiger partial charge is 0.323 e. The summed E-state index contributed by atoms with van der Waals surface area (Å²) in [6.45, 7) is 1.53. The molecule has 1 unspecified atom stereocenters. The molecule has 0 bridgehead atoms. The highest BCUT2D eigenvalue weighted by molar-refractivity contribution is 6.31. The number of likely N-dealkylation sites (tertiary alicyclic amines) is 1. The summed E-state index contributed by atoms with van der Waals surface area (Å²) in [4.78, 5) is 27.5. The second-order valence-electron chi connectivity index (χ2n) is 7.60. The third kappa shape index (κ3) is 2.65. The zero-order chi connectivity index (χ0) is 21.0. The van der Waals surface area contributed by atoms with E-state index in [1.807, 2.05) is 0 Å². The van der Waals surface area contributed by atoms with Gasteiger partial charge in [-0.1, -0.05) is 29.8 Å². The lowest BCUT2D eigenvalue weighted by Gasteiger charge is -2.44. The fourth-order valence-electron chi connectivity index (χ4n) is 4.64. The fraction of sp³-hybridized carbons (Fsp3) is 0.333. The Hall–Kier alpha value is -2.61. The highest BCUT2D eigenvalue weighted by Crippen LogP contribution is 2.53. The van der Waals surface area contributed by atoms with Crippen LogP contribution in [0.2, 0.25) is 5.02 Å². The van der Waals surface area contributed by atoms with Gasteiger partial charge in [0, 0.05) is 34.8 Å². The number of carboxylic acid groups (broad SMARTS) is 1. The van der Waals surface area contributed by atoms with Crippen LogP contribution in [0.4, 0.5) is 5.69 Å². The Balaban J connectivity index is 2.10. The second kappa shape index (κ2) is 6.73. The summed E-state index contributed by atoms with van der Waals surface area (Å²) >= 11 is 6.27. The minimum Gasteiger partial charge on any atom is -0.496 e. The predicted molar refractivity (Wildman–Crippen MR) is 107 cm³/mol. The summed E-state index contributed by atoms with van der Waals surface area (Å²) < 4.78 is 5.54. The molecule has 7 nitrogen and oxygen atoms in total. The van der Waals surface area contributed by atoms with Gasteiger partial charge in [-0.05, 0) is 31.2 Å². The van der Waals surface area contributed by atoms with Crippen LogP contribution in [0.25, 0.3) is 0 Å². The van der Waals surface area contributed by atoms with E-state index >= 15 is 0 Å². The number of carboxylic acids is 1. The first kappa shape index (κ1) is 19.7. The molecule has 152 valence electrons. The lowest BCUT2D eigenvalue weighted by molar-refractivity contribution is -0.153. The Morgan fingerprint density at radius 1 is 1.28 bits per heavy atom. The van der Waals surface area contributed by atoms with Crippen molar-refractivity contribution in [2.45, 2.75) is 30.5 Å². The zero-order valence-electron chi connectivity index (χ0n) is 16.0. The summed E-state index contributed by atoms with van der Waals surface area (Å²) in [5.41, 5.74) is -1.46. The number of benzene rings is 2. The van der Waals surface area contributed by atoms with E-state index in [0.29, 0.717) is 27.6 Å². The number of carbonyl (C=O) groups excluding carboxylic acids is 1. The first-order valence-corrected chi connectivity index (χ1v) is 9.57. The zero-order valence-corrected chi connectivity index (χ0v) is 16.7. The number of hydrogen-bond donors (Lipinski definition) is 3. The number of methoxy groups -OCH3 is 1. The molecule has 2 aromatic rings. The molecule has 29 heavy (non-hydrogen) atoms. The molecule has 1 amide bonds. The number of ether oxygens (including phenoxy) is 1. The number of anilines is 1. The number of aliphatic carboxylic acids is 1. The van der Waals surface area contributed by atoms with Crippen molar-refractivity contribution in [3.8, 4) is 5.75 Å². The molecule has 8 heteroatoms. The molecule has 3 N–H and O–H groups in total. The largest absolute Gasteiger partial charge is 0.496 e. The Labute approximate surface area is 172 Å². The van der Waals surface area contributed by atoms with E-state index in [1.54, 1.807) is 47.4 Å². The fourth-order valence-corrected chi connectivity index (χ4v) is 4.81. The molecule has 3 atom stereocenters. The summed E-state index contributed by atoms with van der Waals surface area (Å²) in [7, 11) is 1.49. The summed E-state index contributed by atoms with van der Waals surface area (Å²) in [6, 6.07) is 12.0. The van der Waals surface area contributed by atoms with Crippen molar-refractivity contribution in [1.82, 2.24) is 4.90 Å². The van der Waals surface area contributed by atoms with Crippen LogP contribution in [0.15, 0.2) is 42.5 Å². The summed E-state index contributed by atoms with van der Waals surface area (Å²) in [6.07, 6.45) is -0.915. The van der Waals surface area contributed by atoms with Gasteiger partial charge in [0.1, 0.15) is 11.3 Å². The first-order chi connectivity index (χ1) is 13.7. The monoisotopic (exact) mass is 416 g/mol. The van der Waals surface area contributed by atoms with Crippen LogP contribution in [-0.4, -0.2) is 52.3 Å². The van der Waals surface area contributed by atoms with Gasteiger partial charge >= 0.3 is 5.97 Å². The maximum absolute atomic E-state index is 13.6. The van der Waals surface area contributed by atoms with E-state index in [2.05, 4.69) is 5.32 Å². The van der Waals surface area contributed by atoms with Gasteiger partial charge in [-0.2, -0.15) is 0 Å². The third-order valence-corrected chi connectivity index (χ3v) is 6.17. The molecule has 0 aliphatic carbocycles. The third-order valence-electron chi connectivity index (χ3n) is 5.93. The molecule has 2 heterocycles. The van der Waals surface area contributed by atoms with E-state index in [4.69, 9.17) is 16.3 Å². The molecule has 2 aromatic carbocycles. The summed E-state index contributed by atoms with van der Waals surface area (Å²) in [5, 5.41) is 23.8. The number of aliphatic hydroxyl groups is 1. The molecule has 2 aliphatic heterocycles. The van der Waals surface area contributed by atoms with Gasteiger partial charge in [0.25, 0.3) is 5.91 Å². The van der Waals surface area contributed by atoms with E-state index in [0.717, 1.165) is 0 Å². The minimum atomic E-state index is -1.53. The van der Waals surface area contributed by atoms with Gasteiger partial charge in [0.2, 0.25) is 0 Å². The number of nitrogens with zero attached hydrogens (tertiary/aromatic N) is 1. The number of hydrogen-bond acceptors (Lipinski definition) is 5. The number of amides is 1. The molecule has 0 saturated carbocycles. The molecule has 1 fully saturated rings. The number of β-amino-alcohol motifs (C(OH)–C–C–N with tert-alkyl or cyclic N) is 1. The van der Waals surface area contributed by atoms with Crippen LogP contribution in [0.5, 0.6) is 5.75 Å². The second-order valence-corrected chi connectivity index (χ2v) is 8.04. The van der Waals surface area contributed by atoms with E-state index in [9.17, 15) is 19.8 Å². The number of halogens is 1. The predicted octanol–water partition coefficient (Wildman–Crippen LogP) is 2.45. The maximum atomic E-state index is 13.6.